The number of benzene rings is 2. The number of hydrogen-bond acceptors (Lipinski definition) is 3. The summed E-state index contributed by atoms with van der Waals surface area (Å²) in [5, 5.41) is 11.8. The van der Waals surface area contributed by atoms with Crippen molar-refractivity contribution in [1.82, 2.24) is 10.2 Å². The van der Waals surface area contributed by atoms with Crippen molar-refractivity contribution in [2.24, 2.45) is 0 Å². The van der Waals surface area contributed by atoms with Gasteiger partial charge in [-0.2, -0.15) is 5.26 Å². The Labute approximate surface area is 140 Å². The quantitative estimate of drug-likeness (QED) is 0.922. The van der Waals surface area contributed by atoms with Crippen molar-refractivity contribution in [3.05, 3.63) is 70.8 Å². The molecule has 1 N–H and O–H groups in total. The second-order valence-corrected chi connectivity index (χ2v) is 5.80. The van der Waals surface area contributed by atoms with E-state index in [0.29, 0.717) is 24.2 Å². The number of nitrogens with zero attached hydrogens (tertiary/aromatic N) is 2. The van der Waals surface area contributed by atoms with Crippen LogP contribution < -0.4 is 5.32 Å². The lowest BCUT2D eigenvalue weighted by atomic mass is 9.99. The molecular weight excluding hydrogens is 302 g/mol. The molecule has 0 saturated carbocycles. The fourth-order valence-electron chi connectivity index (χ4n) is 2.85. The largest absolute Gasteiger partial charge is 0.352 e. The number of nitrogens with one attached hydrogen (secondary N) is 1. The van der Waals surface area contributed by atoms with Gasteiger partial charge in [0, 0.05) is 18.7 Å². The second-order valence-electron chi connectivity index (χ2n) is 5.80. The molecule has 0 bridgehead atoms. The number of aryl methyl sites for hydroxylation is 1. The van der Waals surface area contributed by atoms with E-state index < -0.39 is 6.04 Å². The minimum absolute atomic E-state index is 0.185. The molecule has 1 saturated heterocycles. The smallest absolute Gasteiger partial charge is 0.254 e. The van der Waals surface area contributed by atoms with Crippen LogP contribution in [0.4, 0.5) is 0 Å². The van der Waals surface area contributed by atoms with Crippen molar-refractivity contribution in [1.29, 1.82) is 5.26 Å². The summed E-state index contributed by atoms with van der Waals surface area (Å²) < 4.78 is 0. The van der Waals surface area contributed by atoms with Crippen molar-refractivity contribution in [2.75, 3.05) is 13.1 Å². The lowest BCUT2D eigenvalue weighted by Crippen LogP contribution is -2.52. The molecule has 5 heteroatoms. The molecule has 2 amide bonds. The van der Waals surface area contributed by atoms with Crippen LogP contribution in [0.25, 0.3) is 0 Å². The fraction of sp³-hybridized carbons (Fsp3) is 0.211. The van der Waals surface area contributed by atoms with Crippen molar-refractivity contribution in [3.8, 4) is 6.07 Å². The molecule has 1 aliphatic rings. The van der Waals surface area contributed by atoms with Gasteiger partial charge in [-0.3, -0.25) is 9.59 Å². The third-order valence-corrected chi connectivity index (χ3v) is 4.10. The van der Waals surface area contributed by atoms with E-state index in [1.807, 2.05) is 37.3 Å². The molecule has 1 fully saturated rings. The molecule has 3 rings (SSSR count). The zero-order valence-electron chi connectivity index (χ0n) is 13.3. The molecule has 1 aliphatic heterocycles. The van der Waals surface area contributed by atoms with Gasteiger partial charge < -0.3 is 10.2 Å². The molecule has 1 heterocycles. The van der Waals surface area contributed by atoms with E-state index in [9.17, 15) is 9.59 Å². The molecule has 2 aromatic carbocycles. The third kappa shape index (κ3) is 2.99. The molecule has 0 radical (unpaired) electrons. The summed E-state index contributed by atoms with van der Waals surface area (Å²) in [4.78, 5) is 26.9. The Morgan fingerprint density at radius 3 is 2.71 bits per heavy atom. The van der Waals surface area contributed by atoms with Crippen molar-refractivity contribution < 1.29 is 9.59 Å². The topological polar surface area (TPSA) is 73.2 Å². The van der Waals surface area contributed by atoms with E-state index in [1.165, 1.54) is 0 Å². The van der Waals surface area contributed by atoms with Crippen molar-refractivity contribution in [3.63, 3.8) is 0 Å². The van der Waals surface area contributed by atoms with Crippen LogP contribution in [0.3, 0.4) is 0 Å². The average molecular weight is 319 g/mol. The van der Waals surface area contributed by atoms with E-state index in [4.69, 9.17) is 5.26 Å². The molecule has 120 valence electrons. The Kier molecular flexibility index (Phi) is 4.30. The summed E-state index contributed by atoms with van der Waals surface area (Å²) in [6.45, 7) is 2.83. The average Bonchev–Trinajstić information content (AvgIpc) is 2.62. The maximum Gasteiger partial charge on any atom is 0.254 e. The number of hydrogen-bond donors (Lipinski definition) is 1. The van der Waals surface area contributed by atoms with Crippen LogP contribution in [0.15, 0.2) is 48.5 Å². The minimum atomic E-state index is -0.655. The minimum Gasteiger partial charge on any atom is -0.352 e. The lowest BCUT2D eigenvalue weighted by Gasteiger charge is -2.35. The first-order valence-electron chi connectivity index (χ1n) is 7.75. The standard InChI is InChI=1S/C19H17N3O2/c1-13-5-7-15(8-6-13)17-18(23)21-9-10-22(17)19(24)16-4-2-3-14(11-16)12-20/h2-8,11,17H,9-10H2,1H3,(H,21,23). The Bertz CT molecular complexity index is 821. The molecule has 0 aromatic heterocycles. The van der Waals surface area contributed by atoms with E-state index in [0.717, 1.165) is 11.1 Å². The van der Waals surface area contributed by atoms with Crippen molar-refractivity contribution >= 4 is 11.8 Å². The molecule has 0 aliphatic carbocycles. The summed E-state index contributed by atoms with van der Waals surface area (Å²) in [5.41, 5.74) is 2.72. The van der Waals surface area contributed by atoms with Crippen LogP contribution in [0.5, 0.6) is 0 Å². The van der Waals surface area contributed by atoms with Crippen LogP contribution in [0, 0.1) is 18.3 Å². The molecular formula is C19H17N3O2. The predicted octanol–water partition coefficient (Wildman–Crippen LogP) is 2.18. The van der Waals surface area contributed by atoms with Gasteiger partial charge in [0.2, 0.25) is 5.91 Å². The second kappa shape index (κ2) is 6.55. The van der Waals surface area contributed by atoms with Gasteiger partial charge in [-0.15, -0.1) is 0 Å². The first-order valence-corrected chi connectivity index (χ1v) is 7.75. The van der Waals surface area contributed by atoms with E-state index in [1.54, 1.807) is 29.2 Å². The number of nitriles is 1. The molecule has 24 heavy (non-hydrogen) atoms. The summed E-state index contributed by atoms with van der Waals surface area (Å²) in [6.07, 6.45) is 0. The van der Waals surface area contributed by atoms with Crippen molar-refractivity contribution in [2.45, 2.75) is 13.0 Å². The zero-order chi connectivity index (χ0) is 17.1. The van der Waals surface area contributed by atoms with E-state index in [2.05, 4.69) is 5.32 Å². The molecule has 5 nitrogen and oxygen atoms in total. The van der Waals surface area contributed by atoms with Crippen LogP contribution in [0.2, 0.25) is 0 Å². The molecule has 1 unspecified atom stereocenters. The fourth-order valence-corrected chi connectivity index (χ4v) is 2.85. The number of piperazine rings is 1. The van der Waals surface area contributed by atoms with E-state index in [-0.39, 0.29) is 11.8 Å². The maximum absolute atomic E-state index is 12.9. The number of carbonyl (C=O) groups is 2. The molecule has 1 atom stereocenters. The first kappa shape index (κ1) is 15.8. The Morgan fingerprint density at radius 2 is 2.00 bits per heavy atom. The summed E-state index contributed by atoms with van der Waals surface area (Å²) in [7, 11) is 0. The highest BCUT2D eigenvalue weighted by Gasteiger charge is 2.34. The van der Waals surface area contributed by atoms with Gasteiger partial charge in [-0.05, 0) is 30.7 Å². The van der Waals surface area contributed by atoms with Crippen LogP contribution in [0.1, 0.15) is 33.1 Å². The number of amides is 2. The van der Waals surface area contributed by atoms with Gasteiger partial charge in [0.05, 0.1) is 11.6 Å². The monoisotopic (exact) mass is 319 g/mol. The Balaban J connectivity index is 1.96. The first-order chi connectivity index (χ1) is 11.6. The lowest BCUT2D eigenvalue weighted by molar-refractivity contribution is -0.128. The Hall–Kier alpha value is -3.13. The molecule has 2 aromatic rings. The summed E-state index contributed by atoms with van der Waals surface area (Å²) in [6, 6.07) is 15.5. The SMILES string of the molecule is Cc1ccc(C2C(=O)NCCN2C(=O)c2cccc(C#N)c2)cc1. The van der Waals surface area contributed by atoms with Gasteiger partial charge in [0.1, 0.15) is 6.04 Å². The van der Waals surface area contributed by atoms with Gasteiger partial charge >= 0.3 is 0 Å². The highest BCUT2D eigenvalue weighted by Crippen LogP contribution is 2.25. The Morgan fingerprint density at radius 1 is 1.25 bits per heavy atom. The van der Waals surface area contributed by atoms with Gasteiger partial charge in [0.15, 0.2) is 0 Å². The van der Waals surface area contributed by atoms with E-state index >= 15 is 0 Å². The summed E-state index contributed by atoms with van der Waals surface area (Å²) in [5.74, 6) is -0.428. The van der Waals surface area contributed by atoms with Gasteiger partial charge in [-0.1, -0.05) is 35.9 Å². The highest BCUT2D eigenvalue weighted by atomic mass is 16.2. The third-order valence-electron chi connectivity index (χ3n) is 4.10. The molecule has 0 spiro atoms. The maximum atomic E-state index is 12.9. The van der Waals surface area contributed by atoms with Gasteiger partial charge in [-0.25, -0.2) is 0 Å². The number of rotatable bonds is 2. The number of carbonyl (C=O) groups excluding carboxylic acids is 2. The van der Waals surface area contributed by atoms with Gasteiger partial charge in [0.25, 0.3) is 5.91 Å². The van der Waals surface area contributed by atoms with Crippen LogP contribution >= 0.6 is 0 Å². The normalized spacial score (nSPS) is 17.1. The van der Waals surface area contributed by atoms with Crippen LogP contribution in [-0.4, -0.2) is 29.8 Å². The highest BCUT2D eigenvalue weighted by molar-refractivity contribution is 5.98. The summed E-state index contributed by atoms with van der Waals surface area (Å²) >= 11 is 0. The predicted molar refractivity (Wildman–Crippen MR) is 89.1 cm³/mol. The van der Waals surface area contributed by atoms with Crippen LogP contribution in [-0.2, 0) is 4.79 Å². The zero-order valence-corrected chi connectivity index (χ0v) is 13.3.